The highest BCUT2D eigenvalue weighted by Crippen LogP contribution is 2.22. The van der Waals surface area contributed by atoms with Crippen LogP contribution in [-0.4, -0.2) is 49.2 Å². The van der Waals surface area contributed by atoms with Crippen molar-refractivity contribution in [1.82, 2.24) is 10.2 Å². The van der Waals surface area contributed by atoms with E-state index in [1.807, 2.05) is 36.1 Å². The summed E-state index contributed by atoms with van der Waals surface area (Å²) >= 11 is 0. The number of nitrogens with one attached hydrogen (secondary N) is 2. The van der Waals surface area contributed by atoms with E-state index >= 15 is 0 Å². The van der Waals surface area contributed by atoms with Crippen LogP contribution >= 0.6 is 0 Å². The second-order valence-electron chi connectivity index (χ2n) is 7.73. The predicted octanol–water partition coefficient (Wildman–Crippen LogP) is 3.31. The number of amides is 3. The first-order chi connectivity index (χ1) is 13.1. The molecule has 2 aliphatic heterocycles. The van der Waals surface area contributed by atoms with E-state index in [0.29, 0.717) is 18.9 Å². The van der Waals surface area contributed by atoms with Gasteiger partial charge in [0.25, 0.3) is 0 Å². The second kappa shape index (κ2) is 9.74. The van der Waals surface area contributed by atoms with Crippen LogP contribution in [0.2, 0.25) is 0 Å². The van der Waals surface area contributed by atoms with Crippen LogP contribution in [0.3, 0.4) is 0 Å². The van der Waals surface area contributed by atoms with E-state index in [-0.39, 0.29) is 18.0 Å². The van der Waals surface area contributed by atoms with Gasteiger partial charge in [-0.2, -0.15) is 0 Å². The molecule has 0 bridgehead atoms. The molecule has 2 fully saturated rings. The maximum Gasteiger partial charge on any atom is 0.321 e. The van der Waals surface area contributed by atoms with Crippen molar-refractivity contribution in [1.29, 1.82) is 0 Å². The highest BCUT2D eigenvalue weighted by atomic mass is 16.5. The molecule has 0 aromatic heterocycles. The minimum Gasteiger partial charge on any atom is -0.376 e. The molecular formula is C21H31N3O3. The lowest BCUT2D eigenvalue weighted by atomic mass is 9.93. The van der Waals surface area contributed by atoms with Crippen LogP contribution in [0.15, 0.2) is 24.3 Å². The molecule has 6 heteroatoms. The Balaban J connectivity index is 1.39. The zero-order valence-electron chi connectivity index (χ0n) is 16.2. The summed E-state index contributed by atoms with van der Waals surface area (Å²) in [7, 11) is 0. The summed E-state index contributed by atoms with van der Waals surface area (Å²) < 4.78 is 5.53. The molecule has 1 aromatic carbocycles. The third-order valence-electron chi connectivity index (χ3n) is 5.41. The molecular weight excluding hydrogens is 342 g/mol. The van der Waals surface area contributed by atoms with Crippen LogP contribution < -0.4 is 10.6 Å². The number of hydrogen-bond donors (Lipinski definition) is 2. The number of aryl methyl sites for hydroxylation is 1. The van der Waals surface area contributed by atoms with E-state index in [9.17, 15) is 9.59 Å². The maximum atomic E-state index is 12.5. The van der Waals surface area contributed by atoms with Crippen LogP contribution in [0.4, 0.5) is 10.5 Å². The van der Waals surface area contributed by atoms with E-state index in [1.54, 1.807) is 0 Å². The van der Waals surface area contributed by atoms with Crippen LogP contribution in [0.25, 0.3) is 0 Å². The lowest BCUT2D eigenvalue weighted by Gasteiger charge is -2.32. The van der Waals surface area contributed by atoms with Gasteiger partial charge in [-0.3, -0.25) is 4.79 Å². The maximum absolute atomic E-state index is 12.5. The van der Waals surface area contributed by atoms with Crippen molar-refractivity contribution in [2.75, 3.05) is 31.6 Å². The highest BCUT2D eigenvalue weighted by Gasteiger charge is 2.24. The summed E-state index contributed by atoms with van der Waals surface area (Å²) in [5.41, 5.74) is 1.95. The van der Waals surface area contributed by atoms with Crippen LogP contribution in [-0.2, 0) is 9.53 Å². The Labute approximate surface area is 161 Å². The Morgan fingerprint density at radius 1 is 1.26 bits per heavy atom. The number of anilines is 1. The molecule has 27 heavy (non-hydrogen) atoms. The van der Waals surface area contributed by atoms with Crippen molar-refractivity contribution in [2.45, 2.75) is 51.6 Å². The van der Waals surface area contributed by atoms with Crippen molar-refractivity contribution < 1.29 is 14.3 Å². The van der Waals surface area contributed by atoms with E-state index in [4.69, 9.17) is 4.74 Å². The first-order valence-corrected chi connectivity index (χ1v) is 10.1. The van der Waals surface area contributed by atoms with Crippen molar-refractivity contribution in [3.05, 3.63) is 29.8 Å². The van der Waals surface area contributed by atoms with E-state index in [1.165, 1.54) is 0 Å². The highest BCUT2D eigenvalue weighted by molar-refractivity contribution is 5.89. The zero-order valence-corrected chi connectivity index (χ0v) is 16.2. The van der Waals surface area contributed by atoms with Crippen molar-refractivity contribution in [2.24, 2.45) is 5.92 Å². The molecule has 1 aromatic rings. The molecule has 6 nitrogen and oxygen atoms in total. The fraction of sp³-hybridized carbons (Fsp3) is 0.619. The number of likely N-dealkylation sites (tertiary alicyclic amines) is 1. The number of piperidine rings is 1. The van der Waals surface area contributed by atoms with E-state index in [0.717, 1.165) is 63.1 Å². The summed E-state index contributed by atoms with van der Waals surface area (Å²) in [5.74, 6) is 0.474. The normalized spacial score (nSPS) is 22.5. The molecule has 2 saturated heterocycles. The average molecular weight is 373 g/mol. The SMILES string of the molecule is Cc1cccc(NC(=O)N2CCC[C@@H](CCC(=O)NC[C@H]3CCCO3)C2)c1. The predicted molar refractivity (Wildman–Crippen MR) is 106 cm³/mol. The van der Waals surface area contributed by atoms with Crippen LogP contribution in [0.5, 0.6) is 0 Å². The largest absolute Gasteiger partial charge is 0.376 e. The van der Waals surface area contributed by atoms with E-state index in [2.05, 4.69) is 10.6 Å². The lowest BCUT2D eigenvalue weighted by molar-refractivity contribution is -0.121. The van der Waals surface area contributed by atoms with Gasteiger partial charge in [0.15, 0.2) is 0 Å². The number of nitrogens with zero attached hydrogens (tertiary/aromatic N) is 1. The Kier molecular flexibility index (Phi) is 7.10. The van der Waals surface area contributed by atoms with Crippen molar-refractivity contribution in [3.63, 3.8) is 0 Å². The summed E-state index contributed by atoms with van der Waals surface area (Å²) in [5, 5.41) is 5.96. The number of ether oxygens (including phenoxy) is 1. The third kappa shape index (κ3) is 6.24. The van der Waals surface area contributed by atoms with E-state index < -0.39 is 0 Å². The summed E-state index contributed by atoms with van der Waals surface area (Å²) in [6.07, 6.45) is 5.72. The smallest absolute Gasteiger partial charge is 0.321 e. The molecule has 3 amide bonds. The number of carbonyl (C=O) groups is 2. The topological polar surface area (TPSA) is 70.7 Å². The summed E-state index contributed by atoms with van der Waals surface area (Å²) in [4.78, 5) is 26.5. The Morgan fingerprint density at radius 2 is 2.15 bits per heavy atom. The van der Waals surface area contributed by atoms with Gasteiger partial charge in [0, 0.05) is 38.3 Å². The van der Waals surface area contributed by atoms with Crippen LogP contribution in [0, 0.1) is 12.8 Å². The minimum absolute atomic E-state index is 0.0480. The lowest BCUT2D eigenvalue weighted by Crippen LogP contribution is -2.42. The molecule has 3 rings (SSSR count). The molecule has 0 saturated carbocycles. The van der Waals surface area contributed by atoms with Gasteiger partial charge in [0.05, 0.1) is 6.10 Å². The molecule has 0 aliphatic carbocycles. The quantitative estimate of drug-likeness (QED) is 0.804. The molecule has 2 heterocycles. The monoisotopic (exact) mass is 373 g/mol. The number of hydrogen-bond acceptors (Lipinski definition) is 3. The fourth-order valence-electron chi connectivity index (χ4n) is 3.87. The Bertz CT molecular complexity index is 643. The average Bonchev–Trinajstić information content (AvgIpc) is 3.18. The zero-order chi connectivity index (χ0) is 19.1. The molecule has 0 spiro atoms. The molecule has 148 valence electrons. The van der Waals surface area contributed by atoms with Gasteiger partial charge in [0.1, 0.15) is 0 Å². The third-order valence-corrected chi connectivity index (χ3v) is 5.41. The summed E-state index contributed by atoms with van der Waals surface area (Å²) in [6.45, 7) is 4.93. The first kappa shape index (κ1) is 19.7. The fourth-order valence-corrected chi connectivity index (χ4v) is 3.87. The van der Waals surface area contributed by atoms with Gasteiger partial charge in [-0.05, 0) is 62.6 Å². The second-order valence-corrected chi connectivity index (χ2v) is 7.73. The van der Waals surface area contributed by atoms with Gasteiger partial charge in [-0.25, -0.2) is 4.79 Å². The van der Waals surface area contributed by atoms with Crippen LogP contribution in [0.1, 0.15) is 44.1 Å². The van der Waals surface area contributed by atoms with Gasteiger partial charge in [-0.15, -0.1) is 0 Å². The molecule has 2 N–H and O–H groups in total. The number of rotatable bonds is 6. The summed E-state index contributed by atoms with van der Waals surface area (Å²) in [6, 6.07) is 7.78. The Morgan fingerprint density at radius 3 is 2.93 bits per heavy atom. The first-order valence-electron chi connectivity index (χ1n) is 10.1. The molecule has 2 aliphatic rings. The molecule has 2 atom stereocenters. The standard InChI is InChI=1S/C21H31N3O3/c1-16-5-2-7-18(13-16)23-21(26)24-11-3-6-17(15-24)9-10-20(25)22-14-19-8-4-12-27-19/h2,5,7,13,17,19H,3-4,6,8-12,14-15H2,1H3,(H,22,25)(H,23,26)/t17-,19+/m0/s1. The van der Waals surface area contributed by atoms with Gasteiger partial charge >= 0.3 is 6.03 Å². The number of urea groups is 1. The minimum atomic E-state index is -0.0480. The number of benzene rings is 1. The molecule has 0 radical (unpaired) electrons. The van der Waals surface area contributed by atoms with Gasteiger partial charge < -0.3 is 20.3 Å². The van der Waals surface area contributed by atoms with Crippen molar-refractivity contribution in [3.8, 4) is 0 Å². The van der Waals surface area contributed by atoms with Gasteiger partial charge in [-0.1, -0.05) is 12.1 Å². The molecule has 0 unspecified atom stereocenters. The Hall–Kier alpha value is -2.08. The van der Waals surface area contributed by atoms with Gasteiger partial charge in [0.2, 0.25) is 5.91 Å². The number of carbonyl (C=O) groups excluding carboxylic acids is 2. The van der Waals surface area contributed by atoms with Crippen molar-refractivity contribution >= 4 is 17.6 Å².